The lowest BCUT2D eigenvalue weighted by Crippen LogP contribution is -2.52. The van der Waals surface area contributed by atoms with E-state index < -0.39 is 23.6 Å². The molecule has 11 heteroatoms. The van der Waals surface area contributed by atoms with Gasteiger partial charge in [0.1, 0.15) is 11.5 Å². The van der Waals surface area contributed by atoms with Gasteiger partial charge in [0.25, 0.3) is 5.91 Å². The van der Waals surface area contributed by atoms with Crippen LogP contribution in [0.2, 0.25) is 0 Å². The topological polar surface area (TPSA) is 108 Å². The fourth-order valence-corrected chi connectivity index (χ4v) is 2.12. The van der Waals surface area contributed by atoms with Gasteiger partial charge in [0.05, 0.1) is 23.6 Å². The quantitative estimate of drug-likeness (QED) is 0.696. The Morgan fingerprint density at radius 2 is 1.90 bits per heavy atom. The Labute approximate surface area is 164 Å². The highest BCUT2D eigenvalue weighted by Gasteiger charge is 2.33. The molecule has 2 amide bonds. The summed E-state index contributed by atoms with van der Waals surface area (Å²) in [7, 11) is 0. The van der Waals surface area contributed by atoms with Crippen LogP contribution in [0, 0.1) is 6.92 Å². The number of alkyl halides is 3. The number of anilines is 1. The second-order valence-electron chi connectivity index (χ2n) is 6.35. The Morgan fingerprint density at radius 3 is 2.41 bits per heavy atom. The summed E-state index contributed by atoms with van der Waals surface area (Å²) in [5.74, 6) is -1.06. The molecule has 2 N–H and O–H groups in total. The van der Waals surface area contributed by atoms with E-state index in [1.54, 1.807) is 6.92 Å². The third kappa shape index (κ3) is 5.64. The fraction of sp³-hybridized carbons (Fsp3) is 0.333. The maximum absolute atomic E-state index is 12.5. The van der Waals surface area contributed by atoms with Gasteiger partial charge in [-0.1, -0.05) is 13.0 Å². The van der Waals surface area contributed by atoms with E-state index in [1.807, 2.05) is 0 Å². The maximum atomic E-state index is 12.5. The number of imide groups is 1. The van der Waals surface area contributed by atoms with Crippen LogP contribution in [0.25, 0.3) is 0 Å². The van der Waals surface area contributed by atoms with Crippen molar-refractivity contribution in [3.8, 4) is 17.5 Å². The summed E-state index contributed by atoms with van der Waals surface area (Å²) in [6, 6.07) is 3.63. The summed E-state index contributed by atoms with van der Waals surface area (Å²) >= 11 is 0. The molecule has 156 valence electrons. The number of halogens is 3. The van der Waals surface area contributed by atoms with Crippen molar-refractivity contribution in [3.63, 3.8) is 0 Å². The van der Waals surface area contributed by atoms with Crippen LogP contribution in [0.4, 0.5) is 18.9 Å². The van der Waals surface area contributed by atoms with Gasteiger partial charge in [-0.25, -0.2) is 14.9 Å². The number of aryl methyl sites for hydroxylation is 1. The van der Waals surface area contributed by atoms with E-state index in [1.165, 1.54) is 26.0 Å². The molecule has 2 aromatic rings. The Bertz CT molecular complexity index is 886. The Kier molecular flexibility index (Phi) is 6.42. The first-order valence-corrected chi connectivity index (χ1v) is 8.41. The lowest BCUT2D eigenvalue weighted by atomic mass is 9.99. The monoisotopic (exact) mass is 412 g/mol. The molecule has 0 aliphatic rings. The van der Waals surface area contributed by atoms with Crippen LogP contribution in [-0.4, -0.2) is 34.2 Å². The van der Waals surface area contributed by atoms with Crippen molar-refractivity contribution < 1.29 is 32.2 Å². The maximum Gasteiger partial charge on any atom is 0.573 e. The molecule has 0 aliphatic heterocycles. The number of rotatable bonds is 7. The van der Waals surface area contributed by atoms with Gasteiger partial charge in [-0.05, 0) is 31.9 Å². The smallest absolute Gasteiger partial charge is 0.424 e. The Morgan fingerprint density at radius 1 is 1.28 bits per heavy atom. The minimum absolute atomic E-state index is 0.00596. The van der Waals surface area contributed by atoms with E-state index in [4.69, 9.17) is 10.5 Å². The normalized spacial score (nSPS) is 13.3. The number of benzene rings is 1. The van der Waals surface area contributed by atoms with E-state index >= 15 is 0 Å². The summed E-state index contributed by atoms with van der Waals surface area (Å²) < 4.78 is 46.6. The third-order valence-electron chi connectivity index (χ3n) is 4.03. The average Bonchev–Trinajstić information content (AvgIpc) is 2.65. The first kappa shape index (κ1) is 22.1. The SMILES string of the molecule is CC[C@@](C)(N)C(=O)N(C=O)c1cnc(Oc2ccc(C)c(OC(F)(F)F)c2)nc1. The standard InChI is InChI=1S/C18H19F3N4O4/c1-4-17(3,22)15(27)25(10-26)12-8-23-16(24-9-12)28-13-6-5-11(2)14(7-13)29-18(19,20)21/h5-10H,4,22H2,1-3H3/t17-/m1/s1. The van der Waals surface area contributed by atoms with Crippen molar-refractivity contribution in [3.05, 3.63) is 36.2 Å². The highest BCUT2D eigenvalue weighted by Crippen LogP contribution is 2.31. The zero-order valence-electron chi connectivity index (χ0n) is 15.9. The van der Waals surface area contributed by atoms with Crippen molar-refractivity contribution in [1.29, 1.82) is 0 Å². The highest BCUT2D eigenvalue weighted by molar-refractivity contribution is 6.10. The molecular weight excluding hydrogens is 393 g/mol. The van der Waals surface area contributed by atoms with Crippen LogP contribution < -0.4 is 20.1 Å². The second kappa shape index (κ2) is 8.43. The van der Waals surface area contributed by atoms with Crippen molar-refractivity contribution in [2.45, 2.75) is 39.1 Å². The molecule has 0 unspecified atom stereocenters. The number of aromatic nitrogens is 2. The van der Waals surface area contributed by atoms with Crippen LogP contribution in [0.3, 0.4) is 0 Å². The predicted molar refractivity (Wildman–Crippen MR) is 96.4 cm³/mol. The molecule has 0 aliphatic carbocycles. The summed E-state index contributed by atoms with van der Waals surface area (Å²) in [6.45, 7) is 4.64. The van der Waals surface area contributed by atoms with Crippen molar-refractivity contribution in [2.75, 3.05) is 4.90 Å². The fourth-order valence-electron chi connectivity index (χ4n) is 2.12. The van der Waals surface area contributed by atoms with Crippen molar-refractivity contribution in [1.82, 2.24) is 9.97 Å². The van der Waals surface area contributed by atoms with Gasteiger partial charge in [-0.3, -0.25) is 9.59 Å². The Balaban J connectivity index is 2.20. The molecular formula is C18H19F3N4O4. The molecule has 2 rings (SSSR count). The molecule has 29 heavy (non-hydrogen) atoms. The van der Waals surface area contributed by atoms with Crippen LogP contribution in [0.5, 0.6) is 17.5 Å². The zero-order valence-corrected chi connectivity index (χ0v) is 15.9. The van der Waals surface area contributed by atoms with E-state index in [0.29, 0.717) is 12.8 Å². The molecule has 0 bridgehead atoms. The van der Waals surface area contributed by atoms with Gasteiger partial charge >= 0.3 is 12.4 Å². The molecule has 8 nitrogen and oxygen atoms in total. The molecule has 0 spiro atoms. The first-order valence-electron chi connectivity index (χ1n) is 8.41. The summed E-state index contributed by atoms with van der Waals surface area (Å²) in [4.78, 5) is 32.2. The minimum Gasteiger partial charge on any atom is -0.424 e. The van der Waals surface area contributed by atoms with Gasteiger partial charge in [-0.2, -0.15) is 0 Å². The molecule has 0 saturated heterocycles. The number of nitrogens with two attached hydrogens (primary N) is 1. The largest absolute Gasteiger partial charge is 0.573 e. The third-order valence-corrected chi connectivity index (χ3v) is 4.03. The van der Waals surface area contributed by atoms with Crippen LogP contribution in [-0.2, 0) is 9.59 Å². The van der Waals surface area contributed by atoms with Gasteiger partial charge in [0.15, 0.2) is 0 Å². The lowest BCUT2D eigenvalue weighted by Gasteiger charge is -2.26. The summed E-state index contributed by atoms with van der Waals surface area (Å²) in [5, 5.41) is 0. The molecule has 0 saturated carbocycles. The summed E-state index contributed by atoms with van der Waals surface area (Å²) in [6.07, 6.45) is -1.94. The molecule has 1 aromatic carbocycles. The van der Waals surface area contributed by atoms with Gasteiger partial charge in [0.2, 0.25) is 6.41 Å². The number of carbonyl (C=O) groups excluding carboxylic acids is 2. The summed E-state index contributed by atoms with van der Waals surface area (Å²) in [5.41, 5.74) is 4.93. The van der Waals surface area contributed by atoms with Crippen LogP contribution in [0.15, 0.2) is 30.6 Å². The van der Waals surface area contributed by atoms with E-state index in [9.17, 15) is 22.8 Å². The average molecular weight is 412 g/mol. The van der Waals surface area contributed by atoms with Crippen LogP contribution >= 0.6 is 0 Å². The van der Waals surface area contributed by atoms with Crippen molar-refractivity contribution in [2.24, 2.45) is 5.73 Å². The molecule has 1 heterocycles. The lowest BCUT2D eigenvalue weighted by molar-refractivity contribution is -0.274. The first-order chi connectivity index (χ1) is 13.5. The molecule has 0 fully saturated rings. The number of amides is 2. The number of nitrogens with zero attached hydrogens (tertiary/aromatic N) is 3. The van der Waals surface area contributed by atoms with Gasteiger partial charge in [0, 0.05) is 6.07 Å². The van der Waals surface area contributed by atoms with E-state index in [0.717, 1.165) is 23.4 Å². The highest BCUT2D eigenvalue weighted by atomic mass is 19.4. The van der Waals surface area contributed by atoms with Crippen LogP contribution in [0.1, 0.15) is 25.8 Å². The minimum atomic E-state index is -4.84. The molecule has 1 atom stereocenters. The van der Waals surface area contributed by atoms with Gasteiger partial charge in [-0.15, -0.1) is 13.2 Å². The molecule has 1 aromatic heterocycles. The number of carbonyl (C=O) groups is 2. The van der Waals surface area contributed by atoms with Crippen molar-refractivity contribution >= 4 is 18.0 Å². The predicted octanol–water partition coefficient (Wildman–Crippen LogP) is 3.09. The number of hydrogen-bond donors (Lipinski definition) is 1. The number of ether oxygens (including phenoxy) is 2. The molecule has 0 radical (unpaired) electrons. The Hall–Kier alpha value is -3.21. The number of hydrogen-bond acceptors (Lipinski definition) is 7. The van der Waals surface area contributed by atoms with Gasteiger partial charge < -0.3 is 15.2 Å². The van der Waals surface area contributed by atoms with E-state index in [2.05, 4.69) is 14.7 Å². The van der Waals surface area contributed by atoms with E-state index in [-0.39, 0.29) is 23.0 Å². The zero-order chi connectivity index (χ0) is 21.8. The second-order valence-corrected chi connectivity index (χ2v) is 6.35.